The highest BCUT2D eigenvalue weighted by Gasteiger charge is 2.24. The summed E-state index contributed by atoms with van der Waals surface area (Å²) >= 11 is 1.31. The zero-order valence-electron chi connectivity index (χ0n) is 14.9. The molecule has 1 saturated heterocycles. The lowest BCUT2D eigenvalue weighted by Gasteiger charge is -2.07. The molecular weight excluding hydrogens is 348 g/mol. The molecule has 0 spiro atoms. The van der Waals surface area contributed by atoms with Crippen LogP contribution in [0.2, 0.25) is 0 Å². The molecule has 1 heterocycles. The van der Waals surface area contributed by atoms with Crippen molar-refractivity contribution in [2.75, 3.05) is 14.2 Å². The molecule has 1 fully saturated rings. The number of aryl methyl sites for hydroxylation is 1. The number of nitrogens with one attached hydrogen (secondary N) is 1. The summed E-state index contributed by atoms with van der Waals surface area (Å²) in [6.45, 7) is 2.11. The van der Waals surface area contributed by atoms with E-state index in [9.17, 15) is 4.79 Å². The summed E-state index contributed by atoms with van der Waals surface area (Å²) in [6.07, 6.45) is 2.78. The van der Waals surface area contributed by atoms with Crippen LogP contribution in [0.15, 0.2) is 52.4 Å². The van der Waals surface area contributed by atoms with Crippen LogP contribution in [0.3, 0.4) is 0 Å². The predicted octanol–water partition coefficient (Wildman–Crippen LogP) is 4.16. The minimum atomic E-state index is -0.170. The van der Waals surface area contributed by atoms with Gasteiger partial charge in [0.2, 0.25) is 0 Å². The summed E-state index contributed by atoms with van der Waals surface area (Å²) in [5.74, 6) is 1.17. The molecule has 2 aromatic carbocycles. The Labute approximate surface area is 157 Å². The van der Waals surface area contributed by atoms with Gasteiger partial charge < -0.3 is 14.8 Å². The van der Waals surface area contributed by atoms with Gasteiger partial charge in [-0.15, -0.1) is 0 Å². The normalized spacial score (nSPS) is 16.8. The second kappa shape index (κ2) is 8.10. The van der Waals surface area contributed by atoms with Crippen LogP contribution in [-0.4, -0.2) is 25.3 Å². The van der Waals surface area contributed by atoms with Gasteiger partial charge in [0, 0.05) is 11.6 Å². The summed E-state index contributed by atoms with van der Waals surface area (Å²) in [5, 5.41) is 3.37. The second-order valence-corrected chi connectivity index (χ2v) is 6.64. The van der Waals surface area contributed by atoms with Gasteiger partial charge in [-0.1, -0.05) is 19.1 Å². The molecule has 1 aliphatic rings. The Morgan fingerprint density at radius 1 is 1.12 bits per heavy atom. The number of nitrogens with zero attached hydrogens (tertiary/aromatic N) is 1. The molecule has 26 heavy (non-hydrogen) atoms. The SMILES string of the molecule is CCc1ccc(N=C2NC(=O)/C(=C/c3ccc(OC)cc3OC)S2)cc1. The lowest BCUT2D eigenvalue weighted by atomic mass is 10.1. The Hall–Kier alpha value is -2.73. The van der Waals surface area contributed by atoms with Crippen molar-refractivity contribution < 1.29 is 14.3 Å². The van der Waals surface area contributed by atoms with Gasteiger partial charge >= 0.3 is 0 Å². The summed E-state index contributed by atoms with van der Waals surface area (Å²) in [6, 6.07) is 13.5. The summed E-state index contributed by atoms with van der Waals surface area (Å²) in [5.41, 5.74) is 2.87. The van der Waals surface area contributed by atoms with Gasteiger partial charge in [0.15, 0.2) is 5.17 Å². The van der Waals surface area contributed by atoms with Crippen LogP contribution < -0.4 is 14.8 Å². The first-order chi connectivity index (χ1) is 12.6. The molecule has 1 aliphatic heterocycles. The third-order valence-electron chi connectivity index (χ3n) is 3.95. The number of methoxy groups -OCH3 is 2. The van der Waals surface area contributed by atoms with Crippen molar-refractivity contribution in [2.24, 2.45) is 4.99 Å². The van der Waals surface area contributed by atoms with E-state index in [1.807, 2.05) is 36.4 Å². The van der Waals surface area contributed by atoms with E-state index in [4.69, 9.17) is 9.47 Å². The van der Waals surface area contributed by atoms with Crippen LogP contribution in [0.25, 0.3) is 6.08 Å². The Balaban J connectivity index is 1.83. The van der Waals surface area contributed by atoms with E-state index >= 15 is 0 Å². The first kappa shape index (κ1) is 18.1. The van der Waals surface area contributed by atoms with Crippen molar-refractivity contribution in [1.29, 1.82) is 0 Å². The number of rotatable bonds is 5. The van der Waals surface area contributed by atoms with E-state index in [1.54, 1.807) is 26.4 Å². The largest absolute Gasteiger partial charge is 0.497 e. The molecule has 0 aliphatic carbocycles. The molecule has 0 aromatic heterocycles. The predicted molar refractivity (Wildman–Crippen MR) is 106 cm³/mol. The van der Waals surface area contributed by atoms with Crippen molar-refractivity contribution in [2.45, 2.75) is 13.3 Å². The molecule has 3 rings (SSSR count). The Morgan fingerprint density at radius 2 is 1.88 bits per heavy atom. The first-order valence-corrected chi connectivity index (χ1v) is 9.05. The van der Waals surface area contributed by atoms with E-state index in [0.717, 1.165) is 17.7 Å². The average molecular weight is 368 g/mol. The minimum absolute atomic E-state index is 0.170. The Bertz CT molecular complexity index is 873. The van der Waals surface area contributed by atoms with Crippen molar-refractivity contribution >= 4 is 34.6 Å². The number of hydrogen-bond donors (Lipinski definition) is 1. The number of amides is 1. The highest BCUT2D eigenvalue weighted by atomic mass is 32.2. The van der Waals surface area contributed by atoms with Crippen LogP contribution in [0.5, 0.6) is 11.5 Å². The number of carbonyl (C=O) groups is 1. The van der Waals surface area contributed by atoms with E-state index in [1.165, 1.54) is 17.3 Å². The highest BCUT2D eigenvalue weighted by Crippen LogP contribution is 2.32. The van der Waals surface area contributed by atoms with Crippen LogP contribution >= 0.6 is 11.8 Å². The van der Waals surface area contributed by atoms with E-state index < -0.39 is 0 Å². The molecule has 2 aromatic rings. The fraction of sp³-hybridized carbons (Fsp3) is 0.200. The zero-order chi connectivity index (χ0) is 18.5. The van der Waals surface area contributed by atoms with Crippen LogP contribution in [0.4, 0.5) is 5.69 Å². The van der Waals surface area contributed by atoms with Gasteiger partial charge in [-0.05, 0) is 54.1 Å². The summed E-state index contributed by atoms with van der Waals surface area (Å²) in [4.78, 5) is 17.3. The van der Waals surface area contributed by atoms with Gasteiger partial charge in [0.1, 0.15) is 11.5 Å². The maximum Gasteiger partial charge on any atom is 0.264 e. The monoisotopic (exact) mass is 368 g/mol. The molecule has 0 atom stereocenters. The molecular formula is C20H20N2O3S. The molecule has 134 valence electrons. The molecule has 5 nitrogen and oxygen atoms in total. The van der Waals surface area contributed by atoms with E-state index in [-0.39, 0.29) is 5.91 Å². The topological polar surface area (TPSA) is 59.9 Å². The summed E-state index contributed by atoms with van der Waals surface area (Å²) in [7, 11) is 3.19. The molecule has 0 radical (unpaired) electrons. The van der Waals surface area contributed by atoms with Crippen molar-refractivity contribution in [3.05, 3.63) is 58.5 Å². The van der Waals surface area contributed by atoms with E-state index in [2.05, 4.69) is 17.2 Å². The third-order valence-corrected chi connectivity index (χ3v) is 4.86. The van der Waals surface area contributed by atoms with Crippen LogP contribution in [-0.2, 0) is 11.2 Å². The van der Waals surface area contributed by atoms with Crippen molar-refractivity contribution in [3.8, 4) is 11.5 Å². The number of carbonyl (C=O) groups excluding carboxylic acids is 1. The fourth-order valence-corrected chi connectivity index (χ4v) is 3.32. The first-order valence-electron chi connectivity index (χ1n) is 8.23. The number of thioether (sulfide) groups is 1. The van der Waals surface area contributed by atoms with Crippen LogP contribution in [0.1, 0.15) is 18.1 Å². The second-order valence-electron chi connectivity index (χ2n) is 5.61. The van der Waals surface area contributed by atoms with Gasteiger partial charge in [0.25, 0.3) is 5.91 Å². The van der Waals surface area contributed by atoms with Crippen LogP contribution in [0, 0.1) is 0 Å². The lowest BCUT2D eigenvalue weighted by Crippen LogP contribution is -2.19. The number of ether oxygens (including phenoxy) is 2. The maximum absolute atomic E-state index is 12.3. The van der Waals surface area contributed by atoms with E-state index in [0.29, 0.717) is 21.6 Å². The number of hydrogen-bond acceptors (Lipinski definition) is 5. The fourth-order valence-electron chi connectivity index (χ4n) is 2.48. The minimum Gasteiger partial charge on any atom is -0.497 e. The van der Waals surface area contributed by atoms with Gasteiger partial charge in [-0.25, -0.2) is 4.99 Å². The smallest absolute Gasteiger partial charge is 0.264 e. The van der Waals surface area contributed by atoms with Crippen molar-refractivity contribution in [3.63, 3.8) is 0 Å². The Kier molecular flexibility index (Phi) is 5.63. The molecule has 6 heteroatoms. The van der Waals surface area contributed by atoms with Gasteiger partial charge in [-0.2, -0.15) is 0 Å². The summed E-state index contributed by atoms with van der Waals surface area (Å²) < 4.78 is 10.6. The third kappa shape index (κ3) is 4.08. The lowest BCUT2D eigenvalue weighted by molar-refractivity contribution is -0.115. The number of aliphatic imine (C=N–C) groups is 1. The molecule has 0 saturated carbocycles. The number of amidine groups is 1. The maximum atomic E-state index is 12.3. The van der Waals surface area contributed by atoms with Gasteiger partial charge in [0.05, 0.1) is 24.8 Å². The quantitative estimate of drug-likeness (QED) is 0.805. The number of benzene rings is 2. The Morgan fingerprint density at radius 3 is 2.54 bits per heavy atom. The van der Waals surface area contributed by atoms with Gasteiger partial charge in [-0.3, -0.25) is 4.79 Å². The molecule has 1 N–H and O–H groups in total. The average Bonchev–Trinajstić information content (AvgIpc) is 3.01. The molecule has 1 amide bonds. The standard InChI is InChI=1S/C20H20N2O3S/c1-4-13-5-8-15(9-6-13)21-20-22-19(23)18(26-20)11-14-7-10-16(24-2)12-17(14)25-3/h5-12H,4H2,1-3H3,(H,21,22,23)/b18-11-. The molecule has 0 unspecified atom stereocenters. The highest BCUT2D eigenvalue weighted by molar-refractivity contribution is 8.18. The zero-order valence-corrected chi connectivity index (χ0v) is 15.7. The molecule has 0 bridgehead atoms. The van der Waals surface area contributed by atoms with Crippen molar-refractivity contribution in [1.82, 2.24) is 5.32 Å².